The first kappa shape index (κ1) is 19.2. The summed E-state index contributed by atoms with van der Waals surface area (Å²) in [6.45, 7) is 8.11. The molecule has 1 aromatic heterocycles. The van der Waals surface area contributed by atoms with Gasteiger partial charge in [0.25, 0.3) is 0 Å². The summed E-state index contributed by atoms with van der Waals surface area (Å²) in [6.07, 6.45) is 1.98. The molecule has 2 heterocycles. The van der Waals surface area contributed by atoms with E-state index >= 15 is 0 Å². The molecule has 8 heteroatoms. The lowest BCUT2D eigenvalue weighted by Gasteiger charge is -2.36. The summed E-state index contributed by atoms with van der Waals surface area (Å²) in [7, 11) is 0. The molecule has 8 nitrogen and oxygen atoms in total. The van der Waals surface area contributed by atoms with E-state index in [2.05, 4.69) is 34.5 Å². The minimum absolute atomic E-state index is 0.00119. The van der Waals surface area contributed by atoms with Gasteiger partial charge in [-0.2, -0.15) is 5.10 Å². The number of rotatable bonds is 5. The molecule has 1 aromatic carbocycles. The average Bonchev–Trinajstić information content (AvgIpc) is 2.95. The van der Waals surface area contributed by atoms with Crippen LogP contribution in [0.4, 0.5) is 21.9 Å². The zero-order chi connectivity index (χ0) is 19.4. The Morgan fingerprint density at radius 2 is 1.89 bits per heavy atom. The van der Waals surface area contributed by atoms with Crippen LogP contribution in [0.5, 0.6) is 0 Å². The number of carbonyl (C=O) groups excluding carboxylic acids is 1. The minimum Gasteiger partial charge on any atom is -0.394 e. The van der Waals surface area contributed by atoms with Crippen LogP contribution in [-0.4, -0.2) is 52.8 Å². The van der Waals surface area contributed by atoms with Gasteiger partial charge in [-0.3, -0.25) is 4.68 Å². The Bertz CT molecular complexity index is 764. The van der Waals surface area contributed by atoms with E-state index in [4.69, 9.17) is 9.84 Å². The zero-order valence-electron chi connectivity index (χ0n) is 16.0. The van der Waals surface area contributed by atoms with Gasteiger partial charge in [0.2, 0.25) is 0 Å². The maximum atomic E-state index is 12.2. The summed E-state index contributed by atoms with van der Waals surface area (Å²) >= 11 is 0. The second-order valence-corrected chi connectivity index (χ2v) is 6.88. The van der Waals surface area contributed by atoms with Crippen LogP contribution in [0.15, 0.2) is 30.5 Å². The number of hydrogen-bond donors (Lipinski definition) is 3. The van der Waals surface area contributed by atoms with Crippen LogP contribution in [0.25, 0.3) is 0 Å². The quantitative estimate of drug-likeness (QED) is 0.749. The monoisotopic (exact) mass is 373 g/mol. The largest absolute Gasteiger partial charge is 0.394 e. The van der Waals surface area contributed by atoms with Gasteiger partial charge in [0, 0.05) is 24.5 Å². The first-order valence-corrected chi connectivity index (χ1v) is 9.18. The Morgan fingerprint density at radius 1 is 1.22 bits per heavy atom. The predicted octanol–water partition coefficient (Wildman–Crippen LogP) is 2.44. The van der Waals surface area contributed by atoms with Crippen LogP contribution in [0.2, 0.25) is 0 Å². The number of aromatic nitrogens is 2. The van der Waals surface area contributed by atoms with Crippen molar-refractivity contribution in [3.05, 3.63) is 36.2 Å². The topological polar surface area (TPSA) is 91.7 Å². The number of hydrogen-bond acceptors (Lipinski definition) is 5. The second kappa shape index (κ2) is 8.41. The van der Waals surface area contributed by atoms with E-state index < -0.39 is 0 Å². The number of urea groups is 1. The van der Waals surface area contributed by atoms with Gasteiger partial charge in [-0.15, -0.1) is 0 Å². The van der Waals surface area contributed by atoms with E-state index in [1.807, 2.05) is 31.2 Å². The molecule has 2 atom stereocenters. The Balaban J connectivity index is 1.58. The fourth-order valence-electron chi connectivity index (χ4n) is 3.32. The third-order valence-corrected chi connectivity index (χ3v) is 4.57. The van der Waals surface area contributed by atoms with Gasteiger partial charge in [-0.25, -0.2) is 4.79 Å². The van der Waals surface area contributed by atoms with Crippen molar-refractivity contribution in [3.8, 4) is 0 Å². The normalized spacial score (nSPS) is 19.8. The van der Waals surface area contributed by atoms with Gasteiger partial charge >= 0.3 is 6.03 Å². The molecule has 0 saturated carbocycles. The first-order valence-electron chi connectivity index (χ1n) is 9.18. The molecular formula is C19H27N5O3. The number of morpholine rings is 1. The Labute approximate surface area is 159 Å². The number of anilines is 3. The molecule has 2 aromatic rings. The maximum absolute atomic E-state index is 12.2. The number of nitrogens with one attached hydrogen (secondary N) is 2. The van der Waals surface area contributed by atoms with Crippen LogP contribution in [0.1, 0.15) is 19.5 Å². The average molecular weight is 373 g/mol. The highest BCUT2D eigenvalue weighted by Crippen LogP contribution is 2.22. The molecule has 0 aliphatic carbocycles. The van der Waals surface area contributed by atoms with Crippen molar-refractivity contribution in [2.75, 3.05) is 35.2 Å². The highest BCUT2D eigenvalue weighted by atomic mass is 16.5. The number of amides is 2. The standard InChI is InChI=1S/C19H27N5O3/c1-13-11-23(12-14(2)27-13)17-6-4-16(5-7-17)21-19(26)22-18-10-20-24(8-9-25)15(18)3/h4-7,10,13-14,25H,8-9,11-12H2,1-3H3,(H2,21,22,26)/t13-,14-/m0/s1. The third kappa shape index (κ3) is 4.78. The molecule has 0 spiro atoms. The molecule has 2 amide bonds. The van der Waals surface area contributed by atoms with Crippen molar-refractivity contribution in [2.45, 2.75) is 39.5 Å². The lowest BCUT2D eigenvalue weighted by molar-refractivity contribution is -0.00521. The van der Waals surface area contributed by atoms with Crippen molar-refractivity contribution < 1.29 is 14.6 Å². The molecule has 146 valence electrons. The summed E-state index contributed by atoms with van der Waals surface area (Å²) < 4.78 is 7.42. The second-order valence-electron chi connectivity index (χ2n) is 6.88. The SMILES string of the molecule is Cc1c(NC(=O)Nc2ccc(N3C[C@H](C)O[C@@H](C)C3)cc2)cnn1CCO. The molecule has 0 radical (unpaired) electrons. The van der Waals surface area contributed by atoms with Crippen LogP contribution in [0, 0.1) is 6.92 Å². The van der Waals surface area contributed by atoms with Crippen LogP contribution in [-0.2, 0) is 11.3 Å². The van der Waals surface area contributed by atoms with Gasteiger partial charge in [-0.1, -0.05) is 0 Å². The molecule has 3 rings (SSSR count). The van der Waals surface area contributed by atoms with E-state index in [9.17, 15) is 4.79 Å². The van der Waals surface area contributed by atoms with E-state index in [0.717, 1.165) is 24.5 Å². The van der Waals surface area contributed by atoms with Crippen molar-refractivity contribution in [1.82, 2.24) is 9.78 Å². The number of ether oxygens (including phenoxy) is 1. The van der Waals surface area contributed by atoms with E-state index in [0.29, 0.717) is 17.9 Å². The van der Waals surface area contributed by atoms with Crippen molar-refractivity contribution >= 4 is 23.1 Å². The van der Waals surface area contributed by atoms with E-state index in [1.54, 1.807) is 10.9 Å². The minimum atomic E-state index is -0.331. The molecule has 0 bridgehead atoms. The summed E-state index contributed by atoms with van der Waals surface area (Å²) in [4.78, 5) is 14.5. The van der Waals surface area contributed by atoms with Crippen LogP contribution >= 0.6 is 0 Å². The Morgan fingerprint density at radius 3 is 2.52 bits per heavy atom. The highest BCUT2D eigenvalue weighted by Gasteiger charge is 2.22. The zero-order valence-corrected chi connectivity index (χ0v) is 16.0. The number of benzene rings is 1. The molecular weight excluding hydrogens is 346 g/mol. The first-order chi connectivity index (χ1) is 13.0. The summed E-state index contributed by atoms with van der Waals surface area (Å²) in [6, 6.07) is 7.46. The van der Waals surface area contributed by atoms with Gasteiger partial charge in [-0.05, 0) is 45.0 Å². The van der Waals surface area contributed by atoms with E-state index in [-0.39, 0.29) is 24.8 Å². The van der Waals surface area contributed by atoms with Gasteiger partial charge in [0.05, 0.1) is 42.9 Å². The predicted molar refractivity (Wildman–Crippen MR) is 105 cm³/mol. The Kier molecular flexibility index (Phi) is 5.98. The lowest BCUT2D eigenvalue weighted by Crippen LogP contribution is -2.45. The van der Waals surface area contributed by atoms with E-state index in [1.165, 1.54) is 0 Å². The van der Waals surface area contributed by atoms with Gasteiger partial charge in [0.1, 0.15) is 0 Å². The third-order valence-electron chi connectivity index (χ3n) is 4.57. The van der Waals surface area contributed by atoms with Crippen molar-refractivity contribution in [1.29, 1.82) is 0 Å². The molecule has 0 unspecified atom stereocenters. The molecule has 1 saturated heterocycles. The van der Waals surface area contributed by atoms with Crippen molar-refractivity contribution in [3.63, 3.8) is 0 Å². The van der Waals surface area contributed by atoms with Gasteiger partial charge in [0.15, 0.2) is 0 Å². The maximum Gasteiger partial charge on any atom is 0.323 e. The number of nitrogens with zero attached hydrogens (tertiary/aromatic N) is 3. The smallest absolute Gasteiger partial charge is 0.323 e. The fourth-order valence-corrected chi connectivity index (χ4v) is 3.32. The molecule has 3 N–H and O–H groups in total. The number of aliphatic hydroxyl groups is 1. The molecule has 1 fully saturated rings. The van der Waals surface area contributed by atoms with Gasteiger partial charge < -0.3 is 25.4 Å². The highest BCUT2D eigenvalue weighted by molar-refractivity contribution is 6.00. The lowest BCUT2D eigenvalue weighted by atomic mass is 10.2. The summed E-state index contributed by atoms with van der Waals surface area (Å²) in [5, 5.41) is 18.8. The Hall–Kier alpha value is -2.58. The summed E-state index contributed by atoms with van der Waals surface area (Å²) in [5.41, 5.74) is 3.24. The fraction of sp³-hybridized carbons (Fsp3) is 0.474. The van der Waals surface area contributed by atoms with Crippen LogP contribution in [0.3, 0.4) is 0 Å². The molecule has 1 aliphatic heterocycles. The molecule has 1 aliphatic rings. The summed E-state index contributed by atoms with van der Waals surface area (Å²) in [5.74, 6) is 0. The number of carbonyl (C=O) groups is 1. The van der Waals surface area contributed by atoms with Crippen LogP contribution < -0.4 is 15.5 Å². The van der Waals surface area contributed by atoms with Crippen molar-refractivity contribution in [2.24, 2.45) is 0 Å². The number of aliphatic hydroxyl groups excluding tert-OH is 1. The molecule has 27 heavy (non-hydrogen) atoms.